The molecule has 0 aromatic heterocycles. The summed E-state index contributed by atoms with van der Waals surface area (Å²) in [7, 11) is 2.93. The van der Waals surface area contributed by atoms with Crippen LogP contribution < -0.4 is 20.1 Å². The highest BCUT2D eigenvalue weighted by Gasteiger charge is 2.61. The monoisotopic (exact) mass is 494 g/mol. The molecule has 0 bridgehead atoms. The molecule has 2 amide bonds. The number of aliphatic carboxylic acids is 1. The molecule has 0 saturated heterocycles. The number of carboxylic acids is 1. The van der Waals surface area contributed by atoms with Crippen LogP contribution >= 0.6 is 23.2 Å². The molecule has 0 heterocycles. The van der Waals surface area contributed by atoms with Crippen LogP contribution in [0.1, 0.15) is 40.0 Å². The van der Waals surface area contributed by atoms with Gasteiger partial charge in [-0.3, -0.25) is 9.59 Å². The number of amides is 2. The fourth-order valence-corrected chi connectivity index (χ4v) is 4.41. The van der Waals surface area contributed by atoms with Crippen molar-refractivity contribution in [2.75, 3.05) is 20.8 Å². The van der Waals surface area contributed by atoms with E-state index in [4.69, 9.17) is 32.7 Å². The number of carboxylic acid groups (broad SMARTS) is 1. The van der Waals surface area contributed by atoms with E-state index in [1.165, 1.54) is 26.4 Å². The Morgan fingerprint density at radius 1 is 1.00 bits per heavy atom. The Kier molecular flexibility index (Phi) is 7.71. The lowest BCUT2D eigenvalue weighted by Gasteiger charge is -2.16. The summed E-state index contributed by atoms with van der Waals surface area (Å²) in [4.78, 5) is 37.2. The van der Waals surface area contributed by atoms with E-state index in [-0.39, 0.29) is 39.4 Å². The predicted octanol–water partition coefficient (Wildman–Crippen LogP) is 3.79. The number of hydrogen-bond acceptors (Lipinski definition) is 5. The predicted molar refractivity (Wildman–Crippen MR) is 124 cm³/mol. The van der Waals surface area contributed by atoms with Crippen LogP contribution in [0.25, 0.3) is 0 Å². The van der Waals surface area contributed by atoms with Crippen LogP contribution in [0, 0.1) is 5.92 Å². The second-order valence-corrected chi connectivity index (χ2v) is 8.48. The molecule has 33 heavy (non-hydrogen) atoms. The van der Waals surface area contributed by atoms with Gasteiger partial charge < -0.3 is 25.2 Å². The average Bonchev–Trinajstić information content (AvgIpc) is 3.49. The van der Waals surface area contributed by atoms with Crippen LogP contribution in [0.4, 0.5) is 0 Å². The summed E-state index contributed by atoms with van der Waals surface area (Å²) in [6, 6.07) is 9.67. The molecule has 176 valence electrons. The molecule has 8 nitrogen and oxygen atoms in total. The lowest BCUT2D eigenvalue weighted by atomic mass is 10.1. The maximum absolute atomic E-state index is 12.7. The Hall–Kier alpha value is -2.97. The van der Waals surface area contributed by atoms with Crippen LogP contribution in [0.2, 0.25) is 10.0 Å². The van der Waals surface area contributed by atoms with Gasteiger partial charge in [-0.2, -0.15) is 0 Å². The van der Waals surface area contributed by atoms with Gasteiger partial charge in [0.15, 0.2) is 0 Å². The highest BCUT2D eigenvalue weighted by Crippen LogP contribution is 2.47. The number of nitrogens with one attached hydrogen (secondary N) is 2. The molecule has 0 spiro atoms. The molecule has 0 aliphatic heterocycles. The van der Waals surface area contributed by atoms with E-state index in [0.29, 0.717) is 30.9 Å². The zero-order valence-corrected chi connectivity index (χ0v) is 19.6. The van der Waals surface area contributed by atoms with E-state index in [1.54, 1.807) is 24.3 Å². The van der Waals surface area contributed by atoms with Gasteiger partial charge in [-0.05, 0) is 49.4 Å². The van der Waals surface area contributed by atoms with Gasteiger partial charge in [0.25, 0.3) is 11.8 Å². The fraction of sp³-hybridized carbons (Fsp3) is 0.348. The van der Waals surface area contributed by atoms with E-state index in [2.05, 4.69) is 10.6 Å². The van der Waals surface area contributed by atoms with E-state index in [1.807, 2.05) is 0 Å². The number of benzene rings is 2. The SMILES string of the molecule is COc1cccc(OC)c1C(=O)NCCC[C@@H]1CC1(NC(=O)c1c(Cl)cccc1Cl)C(=O)O. The van der Waals surface area contributed by atoms with Gasteiger partial charge in [0.2, 0.25) is 0 Å². The summed E-state index contributed by atoms with van der Waals surface area (Å²) in [6.45, 7) is 0.316. The third-order valence-corrected chi connectivity index (χ3v) is 6.31. The molecule has 2 atom stereocenters. The summed E-state index contributed by atoms with van der Waals surface area (Å²) >= 11 is 12.1. The molecule has 2 aromatic rings. The van der Waals surface area contributed by atoms with Gasteiger partial charge in [-0.25, -0.2) is 4.79 Å². The number of carbonyl (C=O) groups is 3. The highest BCUT2D eigenvalue weighted by atomic mass is 35.5. The van der Waals surface area contributed by atoms with Crippen molar-refractivity contribution in [3.05, 3.63) is 57.6 Å². The van der Waals surface area contributed by atoms with Gasteiger partial charge in [0, 0.05) is 6.54 Å². The second kappa shape index (κ2) is 10.3. The van der Waals surface area contributed by atoms with E-state index >= 15 is 0 Å². The normalized spacial score (nSPS) is 18.8. The number of methoxy groups -OCH3 is 2. The number of hydrogen-bond donors (Lipinski definition) is 3. The Morgan fingerprint density at radius 3 is 2.12 bits per heavy atom. The topological polar surface area (TPSA) is 114 Å². The molecule has 3 N–H and O–H groups in total. The zero-order chi connectivity index (χ0) is 24.2. The highest BCUT2D eigenvalue weighted by molar-refractivity contribution is 6.39. The Bertz CT molecular complexity index is 1030. The molecule has 3 rings (SSSR count). The minimum absolute atomic E-state index is 0.0464. The largest absolute Gasteiger partial charge is 0.496 e. The van der Waals surface area contributed by atoms with Gasteiger partial charge in [-0.15, -0.1) is 0 Å². The van der Waals surface area contributed by atoms with Crippen LogP contribution in [0.3, 0.4) is 0 Å². The Morgan fingerprint density at radius 2 is 1.58 bits per heavy atom. The third kappa shape index (κ3) is 5.17. The molecular weight excluding hydrogens is 471 g/mol. The maximum atomic E-state index is 12.7. The number of carbonyl (C=O) groups excluding carboxylic acids is 2. The van der Waals surface area contributed by atoms with E-state index in [0.717, 1.165) is 0 Å². The summed E-state index contributed by atoms with van der Waals surface area (Å²) in [6.07, 6.45) is 1.29. The number of rotatable bonds is 10. The Labute approximate surface area is 201 Å². The molecule has 1 unspecified atom stereocenters. The maximum Gasteiger partial charge on any atom is 0.329 e. The van der Waals surface area contributed by atoms with Crippen LogP contribution in [-0.4, -0.2) is 49.2 Å². The summed E-state index contributed by atoms with van der Waals surface area (Å²) in [5.74, 6) is -1.61. The third-order valence-electron chi connectivity index (χ3n) is 5.68. The van der Waals surface area contributed by atoms with Gasteiger partial charge in [0.1, 0.15) is 22.6 Å². The lowest BCUT2D eigenvalue weighted by Crippen LogP contribution is -2.45. The molecule has 1 saturated carbocycles. The lowest BCUT2D eigenvalue weighted by molar-refractivity contribution is -0.141. The van der Waals surface area contributed by atoms with Crippen molar-refractivity contribution in [1.29, 1.82) is 0 Å². The van der Waals surface area contributed by atoms with Crippen molar-refractivity contribution in [3.63, 3.8) is 0 Å². The average molecular weight is 495 g/mol. The van der Waals surface area contributed by atoms with E-state index in [9.17, 15) is 19.5 Å². The summed E-state index contributed by atoms with van der Waals surface area (Å²) < 4.78 is 10.5. The van der Waals surface area contributed by atoms with Crippen LogP contribution in [0.15, 0.2) is 36.4 Å². The molecule has 0 radical (unpaired) electrons. The standard InChI is InChI=1S/C23H24Cl2N2O6/c1-32-16-9-4-10-17(33-2)19(16)20(28)26-11-5-6-13-12-23(13,22(30)31)27-21(29)18-14(24)7-3-8-15(18)25/h3-4,7-10,13H,5-6,11-12H2,1-2H3,(H,26,28)(H,27,29)(H,30,31)/t13-,23?/m1/s1. The second-order valence-electron chi connectivity index (χ2n) is 7.66. The van der Waals surface area contributed by atoms with Crippen LogP contribution in [0.5, 0.6) is 11.5 Å². The van der Waals surface area contributed by atoms with Crippen molar-refractivity contribution in [2.45, 2.75) is 24.8 Å². The van der Waals surface area contributed by atoms with E-state index < -0.39 is 17.4 Å². The minimum atomic E-state index is -1.38. The molecule has 1 aliphatic carbocycles. The van der Waals surface area contributed by atoms with Gasteiger partial charge in [0.05, 0.1) is 29.8 Å². The first kappa shape index (κ1) is 24.7. The molecular formula is C23H24Cl2N2O6. The minimum Gasteiger partial charge on any atom is -0.496 e. The van der Waals surface area contributed by atoms with Crippen molar-refractivity contribution in [1.82, 2.24) is 10.6 Å². The fourth-order valence-electron chi connectivity index (χ4n) is 3.84. The van der Waals surface area contributed by atoms with Crippen molar-refractivity contribution < 1.29 is 29.0 Å². The van der Waals surface area contributed by atoms with Crippen molar-refractivity contribution >= 4 is 41.0 Å². The first-order chi connectivity index (χ1) is 15.7. The first-order valence-electron chi connectivity index (χ1n) is 10.2. The van der Waals surface area contributed by atoms with Crippen LogP contribution in [-0.2, 0) is 4.79 Å². The molecule has 1 fully saturated rings. The van der Waals surface area contributed by atoms with Crippen molar-refractivity contribution in [3.8, 4) is 11.5 Å². The molecule has 10 heteroatoms. The smallest absolute Gasteiger partial charge is 0.329 e. The molecule has 1 aliphatic rings. The summed E-state index contributed by atoms with van der Waals surface area (Å²) in [5, 5.41) is 15.4. The zero-order valence-electron chi connectivity index (χ0n) is 18.1. The molecule has 2 aromatic carbocycles. The van der Waals surface area contributed by atoms with Crippen molar-refractivity contribution in [2.24, 2.45) is 5.92 Å². The Balaban J connectivity index is 1.57. The summed E-state index contributed by atoms with van der Waals surface area (Å²) in [5.41, 5.74) is -1.04. The first-order valence-corrected chi connectivity index (χ1v) is 11.0. The quantitative estimate of drug-likeness (QED) is 0.433. The van der Waals surface area contributed by atoms with Gasteiger partial charge >= 0.3 is 5.97 Å². The number of halogens is 2. The number of ether oxygens (including phenoxy) is 2. The van der Waals surface area contributed by atoms with Gasteiger partial charge in [-0.1, -0.05) is 35.3 Å².